The lowest BCUT2D eigenvalue weighted by Crippen LogP contribution is -2.29. The van der Waals surface area contributed by atoms with Crippen LogP contribution >= 0.6 is 0 Å². The highest BCUT2D eigenvalue weighted by atomic mass is 19.1. The van der Waals surface area contributed by atoms with E-state index in [1.165, 1.54) is 0 Å². The molecule has 28 heavy (non-hydrogen) atoms. The van der Waals surface area contributed by atoms with Gasteiger partial charge in [-0.15, -0.1) is 0 Å². The lowest BCUT2D eigenvalue weighted by atomic mass is 10.0. The van der Waals surface area contributed by atoms with E-state index in [2.05, 4.69) is 5.32 Å². The molecule has 2 aromatic rings. The van der Waals surface area contributed by atoms with Gasteiger partial charge in [0.2, 0.25) is 11.6 Å². The van der Waals surface area contributed by atoms with Gasteiger partial charge in [-0.05, 0) is 29.7 Å². The van der Waals surface area contributed by atoms with Crippen molar-refractivity contribution < 1.29 is 33.4 Å². The molecule has 8 nitrogen and oxygen atoms in total. The maximum atomic E-state index is 13.6. The van der Waals surface area contributed by atoms with Crippen LogP contribution < -0.4 is 5.32 Å². The SMILES string of the molecule is O=C(NCCC(O)C(O)c1cc(F)c([N+](=O)[O-])c(F)c1)OCc1ccccc1. The van der Waals surface area contributed by atoms with Crippen molar-refractivity contribution in [1.29, 1.82) is 0 Å². The molecule has 0 aliphatic heterocycles. The molecule has 0 aliphatic carbocycles. The minimum Gasteiger partial charge on any atom is -0.445 e. The zero-order valence-corrected chi connectivity index (χ0v) is 14.5. The number of nitro benzene ring substituents is 1. The third kappa shape index (κ3) is 5.69. The van der Waals surface area contributed by atoms with Gasteiger partial charge in [-0.2, -0.15) is 8.78 Å². The second-order valence-corrected chi connectivity index (χ2v) is 5.88. The van der Waals surface area contributed by atoms with E-state index in [-0.39, 0.29) is 25.1 Å². The van der Waals surface area contributed by atoms with Crippen LogP contribution in [0.4, 0.5) is 19.3 Å². The molecule has 0 spiro atoms. The van der Waals surface area contributed by atoms with Crippen LogP contribution in [0.15, 0.2) is 42.5 Å². The first-order valence-electron chi connectivity index (χ1n) is 8.23. The minimum absolute atomic E-state index is 0.0548. The fourth-order valence-electron chi connectivity index (χ4n) is 2.41. The minimum atomic E-state index is -1.70. The number of nitrogens with one attached hydrogen (secondary N) is 1. The van der Waals surface area contributed by atoms with Crippen molar-refractivity contribution in [3.8, 4) is 0 Å². The summed E-state index contributed by atoms with van der Waals surface area (Å²) in [5.74, 6) is -2.93. The van der Waals surface area contributed by atoms with Crippen molar-refractivity contribution >= 4 is 11.8 Å². The Morgan fingerprint density at radius 1 is 1.18 bits per heavy atom. The highest BCUT2D eigenvalue weighted by Gasteiger charge is 2.26. The first kappa shape index (κ1) is 21.2. The number of rotatable bonds is 8. The molecule has 2 rings (SSSR count). The summed E-state index contributed by atoms with van der Waals surface area (Å²) in [6, 6.07) is 10.1. The topological polar surface area (TPSA) is 122 Å². The molecule has 0 aliphatic rings. The molecule has 0 bridgehead atoms. The average Bonchev–Trinajstić information content (AvgIpc) is 2.65. The summed E-state index contributed by atoms with van der Waals surface area (Å²) in [6.07, 6.45) is -4.07. The van der Waals surface area contributed by atoms with Crippen LogP contribution in [0.1, 0.15) is 23.7 Å². The smallest absolute Gasteiger partial charge is 0.407 e. The van der Waals surface area contributed by atoms with Crippen LogP contribution in [0.5, 0.6) is 0 Å². The van der Waals surface area contributed by atoms with Gasteiger partial charge in [-0.3, -0.25) is 10.1 Å². The van der Waals surface area contributed by atoms with E-state index >= 15 is 0 Å². The van der Waals surface area contributed by atoms with Gasteiger partial charge in [-0.25, -0.2) is 4.79 Å². The number of hydrogen-bond acceptors (Lipinski definition) is 6. The number of aliphatic hydroxyl groups excluding tert-OH is 2. The Bertz CT molecular complexity index is 811. The monoisotopic (exact) mass is 396 g/mol. The molecule has 3 N–H and O–H groups in total. The molecule has 2 aromatic carbocycles. The van der Waals surface area contributed by atoms with Crippen molar-refractivity contribution in [2.75, 3.05) is 6.54 Å². The van der Waals surface area contributed by atoms with Crippen molar-refractivity contribution in [2.24, 2.45) is 0 Å². The summed E-state index contributed by atoms with van der Waals surface area (Å²) in [4.78, 5) is 20.9. The number of nitro groups is 1. The molecule has 0 radical (unpaired) electrons. The van der Waals surface area contributed by atoms with E-state index in [0.29, 0.717) is 12.1 Å². The van der Waals surface area contributed by atoms with E-state index in [4.69, 9.17) is 4.74 Å². The predicted molar refractivity (Wildman–Crippen MR) is 93.2 cm³/mol. The average molecular weight is 396 g/mol. The number of alkyl carbamates (subject to hydrolysis) is 1. The molecule has 2 atom stereocenters. The normalized spacial score (nSPS) is 12.9. The van der Waals surface area contributed by atoms with E-state index in [1.54, 1.807) is 24.3 Å². The van der Waals surface area contributed by atoms with Crippen LogP contribution in [-0.2, 0) is 11.3 Å². The quantitative estimate of drug-likeness (QED) is 0.466. The highest BCUT2D eigenvalue weighted by molar-refractivity contribution is 5.67. The first-order chi connectivity index (χ1) is 13.3. The van der Waals surface area contributed by atoms with Gasteiger partial charge in [-0.1, -0.05) is 30.3 Å². The summed E-state index contributed by atoms with van der Waals surface area (Å²) in [5.41, 5.74) is -0.914. The second kappa shape index (κ2) is 9.72. The van der Waals surface area contributed by atoms with Crippen LogP contribution in [-0.4, -0.2) is 33.9 Å². The van der Waals surface area contributed by atoms with E-state index in [1.807, 2.05) is 6.07 Å². The molecule has 0 aromatic heterocycles. The number of aliphatic hydroxyl groups is 2. The van der Waals surface area contributed by atoms with E-state index in [0.717, 1.165) is 5.56 Å². The Kier molecular flexibility index (Phi) is 7.36. The summed E-state index contributed by atoms with van der Waals surface area (Å²) in [5, 5.41) is 32.9. The fraction of sp³-hybridized carbons (Fsp3) is 0.278. The Hall–Kier alpha value is -3.11. The van der Waals surface area contributed by atoms with Crippen LogP contribution in [0.2, 0.25) is 0 Å². The molecule has 0 saturated carbocycles. The molecular weight excluding hydrogens is 378 g/mol. The highest BCUT2D eigenvalue weighted by Crippen LogP contribution is 2.27. The summed E-state index contributed by atoms with van der Waals surface area (Å²) < 4.78 is 32.2. The van der Waals surface area contributed by atoms with Gasteiger partial charge < -0.3 is 20.3 Å². The third-order valence-electron chi connectivity index (χ3n) is 3.85. The van der Waals surface area contributed by atoms with Gasteiger partial charge in [0, 0.05) is 6.54 Å². The van der Waals surface area contributed by atoms with Gasteiger partial charge in [0.25, 0.3) is 0 Å². The fourth-order valence-corrected chi connectivity index (χ4v) is 2.41. The van der Waals surface area contributed by atoms with Gasteiger partial charge in [0.15, 0.2) is 0 Å². The molecule has 2 unspecified atom stereocenters. The number of benzene rings is 2. The van der Waals surface area contributed by atoms with Crippen molar-refractivity contribution in [1.82, 2.24) is 5.32 Å². The lowest BCUT2D eigenvalue weighted by Gasteiger charge is -2.18. The van der Waals surface area contributed by atoms with E-state index < -0.39 is 40.5 Å². The summed E-state index contributed by atoms with van der Waals surface area (Å²) >= 11 is 0. The Labute approximate surface area is 158 Å². The zero-order chi connectivity index (χ0) is 20.7. The number of nitrogens with zero attached hydrogens (tertiary/aromatic N) is 1. The molecular formula is C18H18F2N2O6. The lowest BCUT2D eigenvalue weighted by molar-refractivity contribution is -0.390. The van der Waals surface area contributed by atoms with Gasteiger partial charge in [0.1, 0.15) is 12.7 Å². The first-order valence-corrected chi connectivity index (χ1v) is 8.23. The van der Waals surface area contributed by atoms with Crippen molar-refractivity contribution in [3.05, 3.63) is 75.3 Å². The molecule has 0 fully saturated rings. The predicted octanol–water partition coefficient (Wildman–Crippen LogP) is 2.58. The largest absolute Gasteiger partial charge is 0.445 e. The van der Waals surface area contributed by atoms with Gasteiger partial charge in [0.05, 0.1) is 11.0 Å². The number of amides is 1. The molecule has 0 heterocycles. The maximum absolute atomic E-state index is 13.6. The van der Waals surface area contributed by atoms with Crippen LogP contribution in [0, 0.1) is 21.7 Å². The van der Waals surface area contributed by atoms with Crippen molar-refractivity contribution in [3.63, 3.8) is 0 Å². The number of ether oxygens (including phenoxy) is 1. The summed E-state index contributed by atoms with van der Waals surface area (Å²) in [6.45, 7) is -0.0248. The number of carbonyl (C=O) groups excluding carboxylic acids is 1. The number of halogens is 2. The van der Waals surface area contributed by atoms with Gasteiger partial charge >= 0.3 is 11.8 Å². The maximum Gasteiger partial charge on any atom is 0.407 e. The van der Waals surface area contributed by atoms with Crippen molar-refractivity contribution in [2.45, 2.75) is 25.2 Å². The van der Waals surface area contributed by atoms with E-state index in [9.17, 15) is 33.9 Å². The van der Waals surface area contributed by atoms with Crippen LogP contribution in [0.25, 0.3) is 0 Å². The number of carbonyl (C=O) groups is 1. The second-order valence-electron chi connectivity index (χ2n) is 5.88. The third-order valence-corrected chi connectivity index (χ3v) is 3.85. The van der Waals surface area contributed by atoms with Crippen LogP contribution in [0.3, 0.4) is 0 Å². The Morgan fingerprint density at radius 3 is 2.36 bits per heavy atom. The molecule has 1 amide bonds. The zero-order valence-electron chi connectivity index (χ0n) is 14.5. The molecule has 150 valence electrons. The number of hydrogen-bond donors (Lipinski definition) is 3. The standard InChI is InChI=1S/C18H18F2N2O6/c19-13-8-12(9-14(20)16(13)22(26)27)17(24)15(23)6-7-21-18(25)28-10-11-4-2-1-3-5-11/h1-5,8-9,15,17,23-24H,6-7,10H2,(H,21,25). The Balaban J connectivity index is 1.83. The summed E-state index contributed by atoms with van der Waals surface area (Å²) in [7, 11) is 0. The molecule has 10 heteroatoms. The molecule has 0 saturated heterocycles. The Morgan fingerprint density at radius 2 is 1.79 bits per heavy atom.